The first-order valence-electron chi connectivity index (χ1n) is 5.56. The highest BCUT2D eigenvalue weighted by Gasteiger charge is 2.35. The zero-order chi connectivity index (χ0) is 12.0. The summed E-state index contributed by atoms with van der Waals surface area (Å²) in [5.74, 6) is -0.313. The minimum absolute atomic E-state index is 0.195. The van der Waals surface area contributed by atoms with Crippen molar-refractivity contribution < 1.29 is 19.0 Å². The van der Waals surface area contributed by atoms with Crippen molar-refractivity contribution in [2.45, 2.75) is 31.4 Å². The van der Waals surface area contributed by atoms with Gasteiger partial charge in [-0.05, 0) is 19.8 Å². The van der Waals surface area contributed by atoms with Gasteiger partial charge in [0.2, 0.25) is 0 Å². The summed E-state index contributed by atoms with van der Waals surface area (Å²) in [6.45, 7) is 3.52. The third-order valence-electron chi connectivity index (χ3n) is 2.81. The Morgan fingerprint density at radius 1 is 1.56 bits per heavy atom. The molecule has 0 aliphatic carbocycles. The van der Waals surface area contributed by atoms with E-state index in [1.807, 2.05) is 0 Å². The minimum Gasteiger partial charge on any atom is -0.468 e. The van der Waals surface area contributed by atoms with Crippen molar-refractivity contribution in [3.8, 4) is 0 Å². The van der Waals surface area contributed by atoms with Gasteiger partial charge in [-0.3, -0.25) is 5.32 Å². The first kappa shape index (κ1) is 13.4. The summed E-state index contributed by atoms with van der Waals surface area (Å²) in [6.07, 6.45) is 2.32. The Hall–Kier alpha value is -0.650. The van der Waals surface area contributed by atoms with Gasteiger partial charge >= 0.3 is 5.97 Å². The third-order valence-corrected chi connectivity index (χ3v) is 2.81. The van der Waals surface area contributed by atoms with Crippen LogP contribution in [0.2, 0.25) is 0 Å². The second-order valence-corrected chi connectivity index (χ2v) is 4.27. The highest BCUT2D eigenvalue weighted by molar-refractivity contribution is 5.80. The van der Waals surface area contributed by atoms with Gasteiger partial charge in [-0.1, -0.05) is 0 Å². The number of nitrogens with one attached hydrogen (secondary N) is 1. The molecule has 0 aromatic carbocycles. The molecule has 1 rings (SSSR count). The van der Waals surface area contributed by atoms with Gasteiger partial charge in [0.15, 0.2) is 0 Å². The van der Waals surface area contributed by atoms with Gasteiger partial charge in [0.05, 0.1) is 19.8 Å². The molecule has 5 heteroatoms. The van der Waals surface area contributed by atoms with E-state index in [9.17, 15) is 4.79 Å². The lowest BCUT2D eigenvalue weighted by atomic mass is 10.0. The molecule has 16 heavy (non-hydrogen) atoms. The standard InChI is InChI=1S/C11H21NO4/c1-11(8-14-2,10(13)15-3)12-7-9-5-4-6-16-9/h9,12H,4-8H2,1-3H3. The summed E-state index contributed by atoms with van der Waals surface area (Å²) in [5.41, 5.74) is -0.796. The van der Waals surface area contributed by atoms with Crippen molar-refractivity contribution >= 4 is 5.97 Å². The van der Waals surface area contributed by atoms with E-state index in [2.05, 4.69) is 5.32 Å². The van der Waals surface area contributed by atoms with Gasteiger partial charge in [-0.15, -0.1) is 0 Å². The maximum absolute atomic E-state index is 11.6. The summed E-state index contributed by atoms with van der Waals surface area (Å²) < 4.78 is 15.3. The molecule has 0 bridgehead atoms. The average molecular weight is 231 g/mol. The monoisotopic (exact) mass is 231 g/mol. The highest BCUT2D eigenvalue weighted by Crippen LogP contribution is 2.13. The number of hydrogen-bond donors (Lipinski definition) is 1. The Bertz CT molecular complexity index is 228. The quantitative estimate of drug-likeness (QED) is 0.668. The van der Waals surface area contributed by atoms with Crippen LogP contribution in [0.1, 0.15) is 19.8 Å². The number of ether oxygens (including phenoxy) is 3. The van der Waals surface area contributed by atoms with Gasteiger partial charge in [0.1, 0.15) is 5.54 Å². The zero-order valence-electron chi connectivity index (χ0n) is 10.2. The molecule has 1 heterocycles. The lowest BCUT2D eigenvalue weighted by molar-refractivity contribution is -0.150. The van der Waals surface area contributed by atoms with Crippen LogP contribution in [0.5, 0.6) is 0 Å². The van der Waals surface area contributed by atoms with Crippen molar-refractivity contribution in [1.82, 2.24) is 5.32 Å². The van der Waals surface area contributed by atoms with E-state index in [0.29, 0.717) is 6.54 Å². The Labute approximate surface area is 96.4 Å². The van der Waals surface area contributed by atoms with Crippen LogP contribution in [0, 0.1) is 0 Å². The van der Waals surface area contributed by atoms with Crippen LogP contribution in [0.4, 0.5) is 0 Å². The summed E-state index contributed by atoms with van der Waals surface area (Å²) in [7, 11) is 2.94. The van der Waals surface area contributed by atoms with Gasteiger partial charge in [0, 0.05) is 20.3 Å². The fourth-order valence-electron chi connectivity index (χ4n) is 1.84. The molecule has 0 amide bonds. The normalized spacial score (nSPS) is 24.1. The fourth-order valence-corrected chi connectivity index (χ4v) is 1.84. The van der Waals surface area contributed by atoms with Crippen LogP contribution < -0.4 is 5.32 Å². The van der Waals surface area contributed by atoms with Crippen LogP contribution in [0.25, 0.3) is 0 Å². The molecule has 1 aliphatic rings. The first-order chi connectivity index (χ1) is 7.62. The zero-order valence-corrected chi connectivity index (χ0v) is 10.2. The van der Waals surface area contributed by atoms with E-state index in [1.54, 1.807) is 14.0 Å². The molecule has 5 nitrogen and oxygen atoms in total. The topological polar surface area (TPSA) is 56.8 Å². The summed E-state index contributed by atoms with van der Waals surface area (Å²) in [6, 6.07) is 0. The molecule has 2 unspecified atom stereocenters. The number of methoxy groups -OCH3 is 2. The minimum atomic E-state index is -0.796. The fraction of sp³-hybridized carbons (Fsp3) is 0.909. The molecule has 0 aromatic heterocycles. The SMILES string of the molecule is COCC(C)(NCC1CCCO1)C(=O)OC. The summed E-state index contributed by atoms with van der Waals surface area (Å²) in [5, 5.41) is 3.17. The van der Waals surface area contributed by atoms with Crippen LogP contribution in [0.3, 0.4) is 0 Å². The smallest absolute Gasteiger partial charge is 0.328 e. The maximum atomic E-state index is 11.6. The molecule has 0 aromatic rings. The van der Waals surface area contributed by atoms with E-state index in [0.717, 1.165) is 19.4 Å². The predicted octanol–water partition coefficient (Wildman–Crippen LogP) is 0.333. The number of rotatable bonds is 6. The Morgan fingerprint density at radius 2 is 2.31 bits per heavy atom. The van der Waals surface area contributed by atoms with E-state index in [1.165, 1.54) is 7.11 Å². The highest BCUT2D eigenvalue weighted by atomic mass is 16.5. The van der Waals surface area contributed by atoms with E-state index in [4.69, 9.17) is 14.2 Å². The van der Waals surface area contributed by atoms with Gasteiger partial charge in [0.25, 0.3) is 0 Å². The average Bonchev–Trinajstić information content (AvgIpc) is 2.78. The third kappa shape index (κ3) is 3.43. The number of carbonyl (C=O) groups excluding carboxylic acids is 1. The first-order valence-corrected chi connectivity index (χ1v) is 5.56. The molecule has 2 atom stereocenters. The molecule has 1 aliphatic heterocycles. The molecular formula is C11H21NO4. The second kappa shape index (κ2) is 6.18. The van der Waals surface area contributed by atoms with Crippen molar-refractivity contribution in [1.29, 1.82) is 0 Å². The molecular weight excluding hydrogens is 210 g/mol. The number of hydrogen-bond acceptors (Lipinski definition) is 5. The summed E-state index contributed by atoms with van der Waals surface area (Å²) in [4.78, 5) is 11.6. The number of esters is 1. The van der Waals surface area contributed by atoms with Gasteiger partial charge < -0.3 is 14.2 Å². The van der Waals surface area contributed by atoms with Crippen LogP contribution >= 0.6 is 0 Å². The molecule has 1 fully saturated rings. The largest absolute Gasteiger partial charge is 0.468 e. The Morgan fingerprint density at radius 3 is 2.81 bits per heavy atom. The predicted molar refractivity (Wildman–Crippen MR) is 59.3 cm³/mol. The van der Waals surface area contributed by atoms with Crippen molar-refractivity contribution in [2.75, 3.05) is 34.0 Å². The lowest BCUT2D eigenvalue weighted by Gasteiger charge is -2.28. The van der Waals surface area contributed by atoms with E-state index in [-0.39, 0.29) is 18.7 Å². The number of carbonyl (C=O) groups is 1. The van der Waals surface area contributed by atoms with Crippen molar-refractivity contribution in [3.05, 3.63) is 0 Å². The van der Waals surface area contributed by atoms with Crippen LogP contribution in [0.15, 0.2) is 0 Å². The molecule has 94 valence electrons. The summed E-state index contributed by atoms with van der Waals surface area (Å²) >= 11 is 0. The Kier molecular flexibility index (Phi) is 5.18. The van der Waals surface area contributed by atoms with Gasteiger partial charge in [-0.25, -0.2) is 4.79 Å². The molecule has 0 spiro atoms. The van der Waals surface area contributed by atoms with E-state index >= 15 is 0 Å². The van der Waals surface area contributed by atoms with Gasteiger partial charge in [-0.2, -0.15) is 0 Å². The maximum Gasteiger partial charge on any atom is 0.328 e. The second-order valence-electron chi connectivity index (χ2n) is 4.27. The molecule has 0 radical (unpaired) electrons. The molecule has 1 N–H and O–H groups in total. The molecule has 1 saturated heterocycles. The van der Waals surface area contributed by atoms with E-state index < -0.39 is 5.54 Å². The van der Waals surface area contributed by atoms with Crippen LogP contribution in [-0.2, 0) is 19.0 Å². The molecule has 0 saturated carbocycles. The van der Waals surface area contributed by atoms with Crippen LogP contribution in [-0.4, -0.2) is 51.6 Å². The van der Waals surface area contributed by atoms with Crippen molar-refractivity contribution in [2.24, 2.45) is 0 Å². The van der Waals surface area contributed by atoms with Crippen molar-refractivity contribution in [3.63, 3.8) is 0 Å². The Balaban J connectivity index is 2.45. The lowest BCUT2D eigenvalue weighted by Crippen LogP contribution is -2.55.